The molecule has 0 bridgehead atoms. The molecule has 1 amide bonds. The number of carbonyl (C=O) groups is 1. The van der Waals surface area contributed by atoms with Gasteiger partial charge in [0, 0.05) is 22.1 Å². The molecule has 23 heavy (non-hydrogen) atoms. The molecule has 0 aromatic heterocycles. The zero-order valence-corrected chi connectivity index (χ0v) is 13.9. The van der Waals surface area contributed by atoms with Crippen LogP contribution in [-0.2, 0) is 4.79 Å². The first-order chi connectivity index (χ1) is 11.0. The van der Waals surface area contributed by atoms with Gasteiger partial charge in [-0.25, -0.2) is 0 Å². The summed E-state index contributed by atoms with van der Waals surface area (Å²) in [6, 6.07) is 13.3. The molecule has 0 saturated heterocycles. The fourth-order valence-corrected chi connectivity index (χ4v) is 2.77. The number of non-ortho nitro benzene ring substituents is 1. The van der Waals surface area contributed by atoms with Crippen LogP contribution in [0.5, 0.6) is 0 Å². The molecule has 2 aromatic rings. The summed E-state index contributed by atoms with van der Waals surface area (Å²) in [5.41, 5.74) is 1.01. The Morgan fingerprint density at radius 1 is 1.22 bits per heavy atom. The minimum atomic E-state index is -0.449. The van der Waals surface area contributed by atoms with Crippen LogP contribution in [-0.4, -0.2) is 16.6 Å². The lowest BCUT2D eigenvalue weighted by molar-refractivity contribution is -0.384. The Balaban J connectivity index is 1.84. The van der Waals surface area contributed by atoms with E-state index in [4.69, 9.17) is 11.6 Å². The van der Waals surface area contributed by atoms with Crippen LogP contribution in [0.3, 0.4) is 0 Å². The molecule has 0 saturated carbocycles. The Hall–Kier alpha value is -2.05. The summed E-state index contributed by atoms with van der Waals surface area (Å²) >= 11 is 7.17. The van der Waals surface area contributed by atoms with E-state index in [0.717, 1.165) is 10.5 Å². The number of carbonyl (C=O) groups excluding carboxylic acids is 1. The third-order valence-electron chi connectivity index (χ3n) is 3.16. The maximum absolute atomic E-state index is 12.0. The molecule has 0 aliphatic heterocycles. The van der Waals surface area contributed by atoms with Gasteiger partial charge in [0.2, 0.25) is 5.91 Å². The zero-order valence-electron chi connectivity index (χ0n) is 12.4. The number of nitro benzene ring substituents is 1. The van der Waals surface area contributed by atoms with Crippen LogP contribution < -0.4 is 5.32 Å². The smallest absolute Gasteiger partial charge is 0.269 e. The molecule has 120 valence electrons. The highest BCUT2D eigenvalue weighted by Gasteiger charge is 2.10. The molecular weight excluding hydrogens is 336 g/mol. The lowest BCUT2D eigenvalue weighted by Crippen LogP contribution is -2.28. The van der Waals surface area contributed by atoms with E-state index in [2.05, 4.69) is 5.32 Å². The van der Waals surface area contributed by atoms with Gasteiger partial charge in [-0.2, -0.15) is 0 Å². The van der Waals surface area contributed by atoms with Crippen LogP contribution in [0.1, 0.15) is 18.5 Å². The Labute approximate surface area is 143 Å². The number of halogens is 1. The number of amides is 1. The van der Waals surface area contributed by atoms with E-state index in [0.29, 0.717) is 5.02 Å². The van der Waals surface area contributed by atoms with Crippen molar-refractivity contribution < 1.29 is 9.72 Å². The maximum Gasteiger partial charge on any atom is 0.269 e. The normalized spacial score (nSPS) is 11.7. The van der Waals surface area contributed by atoms with Gasteiger partial charge >= 0.3 is 0 Å². The van der Waals surface area contributed by atoms with E-state index in [1.165, 1.54) is 23.9 Å². The highest BCUT2D eigenvalue weighted by molar-refractivity contribution is 8.00. The van der Waals surface area contributed by atoms with Gasteiger partial charge in [-0.1, -0.05) is 23.7 Å². The van der Waals surface area contributed by atoms with Crippen molar-refractivity contribution in [2.75, 3.05) is 5.75 Å². The van der Waals surface area contributed by atoms with Crippen molar-refractivity contribution >= 4 is 35.0 Å². The summed E-state index contributed by atoms with van der Waals surface area (Å²) in [5, 5.41) is 14.1. The molecule has 2 aromatic carbocycles. The van der Waals surface area contributed by atoms with E-state index < -0.39 is 4.92 Å². The molecule has 5 nitrogen and oxygen atoms in total. The van der Waals surface area contributed by atoms with Crippen LogP contribution in [0.25, 0.3) is 0 Å². The number of hydrogen-bond donors (Lipinski definition) is 1. The first kappa shape index (κ1) is 17.3. The highest BCUT2D eigenvalue weighted by Crippen LogP contribution is 2.22. The van der Waals surface area contributed by atoms with Crippen LogP contribution in [0.2, 0.25) is 5.02 Å². The van der Waals surface area contributed by atoms with Gasteiger partial charge in [0.05, 0.1) is 16.7 Å². The van der Waals surface area contributed by atoms with Crippen molar-refractivity contribution in [3.63, 3.8) is 0 Å². The molecule has 0 aliphatic carbocycles. The molecular formula is C16H15ClN2O3S. The van der Waals surface area contributed by atoms with Crippen LogP contribution in [0, 0.1) is 10.1 Å². The van der Waals surface area contributed by atoms with Crippen LogP contribution >= 0.6 is 23.4 Å². The van der Waals surface area contributed by atoms with Gasteiger partial charge in [-0.15, -0.1) is 11.8 Å². The lowest BCUT2D eigenvalue weighted by atomic mass is 10.1. The molecule has 7 heteroatoms. The van der Waals surface area contributed by atoms with Crippen molar-refractivity contribution in [3.8, 4) is 0 Å². The average Bonchev–Trinajstić information content (AvgIpc) is 2.54. The third kappa shape index (κ3) is 5.26. The lowest BCUT2D eigenvalue weighted by Gasteiger charge is -2.14. The second kappa shape index (κ2) is 7.99. The maximum atomic E-state index is 12.0. The largest absolute Gasteiger partial charge is 0.349 e. The van der Waals surface area contributed by atoms with Gasteiger partial charge in [0.25, 0.3) is 5.69 Å². The van der Waals surface area contributed by atoms with Crippen molar-refractivity contribution in [1.29, 1.82) is 0 Å². The Bertz CT molecular complexity index is 689. The van der Waals surface area contributed by atoms with Gasteiger partial charge in [-0.3, -0.25) is 14.9 Å². The molecule has 0 fully saturated rings. The summed E-state index contributed by atoms with van der Waals surface area (Å²) in [5.74, 6) is 0.145. The Morgan fingerprint density at radius 2 is 1.83 bits per heavy atom. The minimum absolute atomic E-state index is 0.0372. The van der Waals surface area contributed by atoms with E-state index in [1.807, 2.05) is 19.1 Å². The van der Waals surface area contributed by atoms with Crippen molar-refractivity contribution in [2.45, 2.75) is 17.9 Å². The van der Waals surface area contributed by atoms with Gasteiger partial charge in [0.1, 0.15) is 0 Å². The standard InChI is InChI=1S/C16H15ClN2O3S/c1-11(12-2-4-13(17)5-3-12)18-16(20)10-23-15-8-6-14(7-9-15)19(21)22/h2-9,11H,10H2,1H3,(H,18,20). The van der Waals surface area contributed by atoms with Crippen molar-refractivity contribution in [3.05, 3.63) is 69.2 Å². The summed E-state index contributed by atoms with van der Waals surface area (Å²) in [6.07, 6.45) is 0. The van der Waals surface area contributed by atoms with Crippen molar-refractivity contribution in [2.24, 2.45) is 0 Å². The Kier molecular flexibility index (Phi) is 6.01. The molecule has 0 radical (unpaired) electrons. The molecule has 0 spiro atoms. The second-order valence-corrected chi connectivity index (χ2v) is 6.37. The van der Waals surface area contributed by atoms with E-state index in [1.54, 1.807) is 24.3 Å². The molecule has 1 atom stereocenters. The number of rotatable bonds is 6. The monoisotopic (exact) mass is 350 g/mol. The first-order valence-electron chi connectivity index (χ1n) is 6.88. The summed E-state index contributed by atoms with van der Waals surface area (Å²) in [6.45, 7) is 1.90. The molecule has 1 unspecified atom stereocenters. The number of benzene rings is 2. The molecule has 1 N–H and O–H groups in total. The summed E-state index contributed by atoms with van der Waals surface area (Å²) < 4.78 is 0. The van der Waals surface area contributed by atoms with E-state index in [9.17, 15) is 14.9 Å². The number of nitro groups is 1. The fraction of sp³-hybridized carbons (Fsp3) is 0.188. The number of nitrogens with zero attached hydrogens (tertiary/aromatic N) is 1. The van der Waals surface area contributed by atoms with Crippen molar-refractivity contribution in [1.82, 2.24) is 5.32 Å². The van der Waals surface area contributed by atoms with Crippen LogP contribution in [0.15, 0.2) is 53.4 Å². The van der Waals surface area contributed by atoms with Crippen LogP contribution in [0.4, 0.5) is 5.69 Å². The summed E-state index contributed by atoms with van der Waals surface area (Å²) in [4.78, 5) is 22.9. The third-order valence-corrected chi connectivity index (χ3v) is 4.43. The topological polar surface area (TPSA) is 72.2 Å². The first-order valence-corrected chi connectivity index (χ1v) is 8.24. The Morgan fingerprint density at radius 3 is 2.39 bits per heavy atom. The predicted octanol–water partition coefficient (Wildman–Crippen LogP) is 4.22. The average molecular weight is 351 g/mol. The van der Waals surface area contributed by atoms with E-state index >= 15 is 0 Å². The molecule has 0 heterocycles. The summed E-state index contributed by atoms with van der Waals surface area (Å²) in [7, 11) is 0. The predicted molar refractivity (Wildman–Crippen MR) is 91.8 cm³/mol. The highest BCUT2D eigenvalue weighted by atomic mass is 35.5. The SMILES string of the molecule is CC(NC(=O)CSc1ccc([N+](=O)[O-])cc1)c1ccc(Cl)cc1. The molecule has 0 aliphatic rings. The minimum Gasteiger partial charge on any atom is -0.349 e. The quantitative estimate of drug-likeness (QED) is 0.481. The van der Waals surface area contributed by atoms with E-state index in [-0.39, 0.29) is 23.4 Å². The molecule has 2 rings (SSSR count). The van der Waals surface area contributed by atoms with Gasteiger partial charge < -0.3 is 5.32 Å². The van der Waals surface area contributed by atoms with Gasteiger partial charge in [0.15, 0.2) is 0 Å². The second-order valence-electron chi connectivity index (χ2n) is 4.88. The number of nitrogens with one attached hydrogen (secondary N) is 1. The zero-order chi connectivity index (χ0) is 16.8. The van der Waals surface area contributed by atoms with Gasteiger partial charge in [-0.05, 0) is 36.8 Å². The number of hydrogen-bond acceptors (Lipinski definition) is 4. The number of thioether (sulfide) groups is 1. The fourth-order valence-electron chi connectivity index (χ4n) is 1.93.